The van der Waals surface area contributed by atoms with Crippen LogP contribution in [-0.4, -0.2) is 62.7 Å². The second-order valence-electron chi connectivity index (χ2n) is 10.2. The van der Waals surface area contributed by atoms with E-state index in [1.165, 1.54) is 12.1 Å². The molecule has 4 heterocycles. The number of nitrogens with zero attached hydrogens (tertiary/aromatic N) is 3. The van der Waals surface area contributed by atoms with E-state index >= 15 is 4.39 Å². The fourth-order valence-corrected chi connectivity index (χ4v) is 7.40. The summed E-state index contributed by atoms with van der Waals surface area (Å²) in [6.07, 6.45) is 2.06. The van der Waals surface area contributed by atoms with Gasteiger partial charge in [-0.25, -0.2) is 17.8 Å². The van der Waals surface area contributed by atoms with Gasteiger partial charge in [-0.15, -0.1) is 0 Å². The Hall–Kier alpha value is -1.72. The molecule has 1 atom stereocenters. The van der Waals surface area contributed by atoms with Gasteiger partial charge < -0.3 is 9.64 Å². The van der Waals surface area contributed by atoms with E-state index in [4.69, 9.17) is 27.9 Å². The van der Waals surface area contributed by atoms with Gasteiger partial charge in [-0.2, -0.15) is 4.39 Å². The number of halogens is 4. The maximum Gasteiger partial charge on any atom is 0.267 e. The number of anilines is 2. The Morgan fingerprint density at radius 2 is 1.91 bits per heavy atom. The van der Waals surface area contributed by atoms with Crippen molar-refractivity contribution in [2.45, 2.75) is 43.2 Å². The molecule has 0 amide bonds. The van der Waals surface area contributed by atoms with Crippen molar-refractivity contribution in [1.29, 1.82) is 0 Å². The summed E-state index contributed by atoms with van der Waals surface area (Å²) in [7, 11) is -4.52. The second-order valence-corrected chi connectivity index (χ2v) is 12.6. The van der Waals surface area contributed by atoms with E-state index in [1.807, 2.05) is 9.62 Å². The van der Waals surface area contributed by atoms with Gasteiger partial charge in [0.15, 0.2) is 0 Å². The number of hydrogen-bond donors (Lipinski definition) is 1. The third-order valence-corrected chi connectivity index (χ3v) is 9.50. The summed E-state index contributed by atoms with van der Waals surface area (Å²) < 4.78 is 62.4. The molecule has 3 saturated heterocycles. The van der Waals surface area contributed by atoms with Crippen molar-refractivity contribution in [3.05, 3.63) is 46.1 Å². The lowest BCUT2D eigenvalue weighted by molar-refractivity contribution is -0.0566. The van der Waals surface area contributed by atoms with Crippen LogP contribution in [0.5, 0.6) is 0 Å². The molecule has 1 aromatic heterocycles. The monoisotopic (exact) mass is 546 g/mol. The number of likely N-dealkylation sites (tertiary alicyclic amines) is 1. The summed E-state index contributed by atoms with van der Waals surface area (Å²) in [5.41, 5.74) is 0.199. The lowest BCUT2D eigenvalue weighted by atomic mass is 9.84. The zero-order valence-corrected chi connectivity index (χ0v) is 21.7. The molecule has 190 valence electrons. The highest BCUT2D eigenvalue weighted by Crippen LogP contribution is 2.47. The van der Waals surface area contributed by atoms with Crippen molar-refractivity contribution in [3.8, 4) is 0 Å². The van der Waals surface area contributed by atoms with Gasteiger partial charge in [0.1, 0.15) is 22.1 Å². The number of nitrogens with one attached hydrogen (secondary N) is 1. The number of benzene rings is 1. The molecule has 0 bridgehead atoms. The molecule has 0 aliphatic carbocycles. The molecule has 1 spiro atoms. The lowest BCUT2D eigenvalue weighted by Gasteiger charge is -2.53. The topological polar surface area (TPSA) is 74.8 Å². The quantitative estimate of drug-likeness (QED) is 0.438. The first kappa shape index (κ1) is 25.0. The van der Waals surface area contributed by atoms with Crippen molar-refractivity contribution in [1.82, 2.24) is 9.88 Å². The van der Waals surface area contributed by atoms with Crippen LogP contribution in [0.2, 0.25) is 10.0 Å². The van der Waals surface area contributed by atoms with Crippen LogP contribution in [0.15, 0.2) is 29.2 Å². The summed E-state index contributed by atoms with van der Waals surface area (Å²) in [6, 6.07) is 4.90. The normalized spacial score (nSPS) is 23.6. The van der Waals surface area contributed by atoms with Gasteiger partial charge in [0.2, 0.25) is 5.95 Å². The standard InChI is InChI=1S/C23H26Cl2F2N4O3S/c1-22(2)7-8-30(11-22)16-6-9-34-23(16)12-31(13-23)15-10-14(26)21(20(25)19(15)24)35(32,33)29-18-5-3-4-17(27)28-18/h3-5,10,16H,6-9,11-13H2,1-2H3,(H,28,29)/t16-/m1/s1. The predicted molar refractivity (Wildman–Crippen MR) is 131 cm³/mol. The smallest absolute Gasteiger partial charge is 0.267 e. The first-order valence-electron chi connectivity index (χ1n) is 11.4. The van der Waals surface area contributed by atoms with E-state index in [0.717, 1.165) is 38.1 Å². The van der Waals surface area contributed by atoms with E-state index in [-0.39, 0.29) is 27.9 Å². The van der Waals surface area contributed by atoms with E-state index in [0.29, 0.717) is 25.4 Å². The molecule has 3 aliphatic heterocycles. The summed E-state index contributed by atoms with van der Waals surface area (Å²) in [5.74, 6) is -2.26. The van der Waals surface area contributed by atoms with E-state index in [2.05, 4.69) is 23.7 Å². The number of hydrogen-bond acceptors (Lipinski definition) is 6. The van der Waals surface area contributed by atoms with Crippen molar-refractivity contribution < 1.29 is 21.9 Å². The third kappa shape index (κ3) is 4.48. The number of rotatable bonds is 5. The minimum atomic E-state index is -4.52. The maximum atomic E-state index is 15.1. The fourth-order valence-electron chi connectivity index (χ4n) is 5.44. The Morgan fingerprint density at radius 1 is 1.17 bits per heavy atom. The third-order valence-electron chi connectivity index (χ3n) is 7.11. The average molecular weight is 547 g/mol. The van der Waals surface area contributed by atoms with Gasteiger partial charge in [0.25, 0.3) is 10.0 Å². The van der Waals surface area contributed by atoms with Gasteiger partial charge >= 0.3 is 0 Å². The van der Waals surface area contributed by atoms with E-state index in [1.54, 1.807) is 0 Å². The van der Waals surface area contributed by atoms with Crippen LogP contribution >= 0.6 is 23.2 Å². The van der Waals surface area contributed by atoms with Gasteiger partial charge in [0.05, 0.1) is 28.8 Å². The molecule has 35 heavy (non-hydrogen) atoms. The molecule has 1 aromatic carbocycles. The molecule has 0 unspecified atom stereocenters. The highest BCUT2D eigenvalue weighted by Gasteiger charge is 2.56. The van der Waals surface area contributed by atoms with E-state index < -0.39 is 31.7 Å². The molecule has 3 fully saturated rings. The van der Waals surface area contributed by atoms with Crippen LogP contribution in [0.1, 0.15) is 26.7 Å². The Labute approximate surface area is 213 Å². The van der Waals surface area contributed by atoms with E-state index in [9.17, 15) is 12.8 Å². The molecule has 1 N–H and O–H groups in total. The second kappa shape index (κ2) is 8.69. The molecule has 7 nitrogen and oxygen atoms in total. The maximum absolute atomic E-state index is 15.1. The SMILES string of the molecule is CC1(C)CCN([C@@H]2CCOC23CN(c2cc(F)c(S(=O)(=O)Nc4cccc(F)n4)c(Cl)c2Cl)C3)C1. The summed E-state index contributed by atoms with van der Waals surface area (Å²) in [4.78, 5) is 6.97. The van der Waals surface area contributed by atoms with Crippen LogP contribution in [0, 0.1) is 17.2 Å². The number of ether oxygens (including phenoxy) is 1. The van der Waals surface area contributed by atoms with Crippen molar-refractivity contribution in [2.75, 3.05) is 42.4 Å². The average Bonchev–Trinajstić information content (AvgIpc) is 3.32. The lowest BCUT2D eigenvalue weighted by Crippen LogP contribution is -2.69. The van der Waals surface area contributed by atoms with Gasteiger partial charge in [0, 0.05) is 25.3 Å². The molecule has 2 aromatic rings. The first-order chi connectivity index (χ1) is 16.4. The van der Waals surface area contributed by atoms with Crippen LogP contribution in [-0.2, 0) is 14.8 Å². The zero-order valence-electron chi connectivity index (χ0n) is 19.3. The first-order valence-corrected chi connectivity index (χ1v) is 13.6. The zero-order chi connectivity index (χ0) is 25.2. The van der Waals surface area contributed by atoms with Crippen molar-refractivity contribution in [2.24, 2.45) is 5.41 Å². The number of aromatic nitrogens is 1. The summed E-state index contributed by atoms with van der Waals surface area (Å²) >= 11 is 12.7. The van der Waals surface area contributed by atoms with Gasteiger partial charge in [-0.05, 0) is 36.9 Å². The fraction of sp³-hybridized carbons (Fsp3) is 0.522. The largest absolute Gasteiger partial charge is 0.370 e. The highest BCUT2D eigenvalue weighted by atomic mass is 35.5. The predicted octanol–water partition coefficient (Wildman–Crippen LogP) is 4.55. The molecule has 3 aliphatic rings. The van der Waals surface area contributed by atoms with Crippen molar-refractivity contribution in [3.63, 3.8) is 0 Å². The molecular weight excluding hydrogens is 521 g/mol. The molecule has 0 saturated carbocycles. The van der Waals surface area contributed by atoms with Gasteiger partial charge in [-0.1, -0.05) is 43.1 Å². The van der Waals surface area contributed by atoms with Crippen LogP contribution in [0.25, 0.3) is 0 Å². The minimum Gasteiger partial charge on any atom is -0.370 e. The Balaban J connectivity index is 1.37. The Bertz CT molecular complexity index is 1270. The van der Waals surface area contributed by atoms with Crippen molar-refractivity contribution >= 4 is 44.7 Å². The highest BCUT2D eigenvalue weighted by molar-refractivity contribution is 7.92. The Kier molecular flexibility index (Phi) is 6.20. The van der Waals surface area contributed by atoms with Gasteiger partial charge in [-0.3, -0.25) is 9.62 Å². The van der Waals surface area contributed by atoms with Crippen LogP contribution in [0.3, 0.4) is 0 Å². The minimum absolute atomic E-state index is 0.0765. The molecule has 12 heteroatoms. The van der Waals surface area contributed by atoms with Crippen LogP contribution in [0.4, 0.5) is 20.3 Å². The summed E-state index contributed by atoms with van der Waals surface area (Å²) in [6.45, 7) is 8.22. The number of pyridine rings is 1. The summed E-state index contributed by atoms with van der Waals surface area (Å²) in [5, 5.41) is -0.524. The van der Waals surface area contributed by atoms with Crippen LogP contribution < -0.4 is 9.62 Å². The Morgan fingerprint density at radius 3 is 2.57 bits per heavy atom. The molecule has 0 radical (unpaired) electrons. The molecular formula is C23H26Cl2F2N4O3S. The molecule has 5 rings (SSSR count). The number of sulfonamides is 1.